The van der Waals surface area contributed by atoms with Crippen molar-refractivity contribution in [3.05, 3.63) is 57.9 Å². The molecule has 0 saturated carbocycles. The third-order valence-electron chi connectivity index (χ3n) is 6.19. The minimum absolute atomic E-state index is 0.210. The van der Waals surface area contributed by atoms with Gasteiger partial charge >= 0.3 is 0 Å². The number of nitrogens with zero attached hydrogens (tertiary/aromatic N) is 3. The molecule has 1 aromatic heterocycles. The number of thiazole rings is 1. The number of carbonyl (C=O) groups is 1. The molecule has 0 spiro atoms. The number of aromatic nitrogens is 1. The van der Waals surface area contributed by atoms with Crippen molar-refractivity contribution in [3.63, 3.8) is 0 Å². The van der Waals surface area contributed by atoms with E-state index in [1.807, 2.05) is 11.5 Å². The average molecular weight is 502 g/mol. The lowest BCUT2D eigenvalue weighted by molar-refractivity contribution is 0.0997. The second-order valence-corrected chi connectivity index (χ2v) is 11.9. The van der Waals surface area contributed by atoms with Gasteiger partial charge in [-0.1, -0.05) is 24.3 Å². The van der Waals surface area contributed by atoms with Crippen LogP contribution in [0.4, 0.5) is 0 Å². The molecule has 1 aliphatic rings. The van der Waals surface area contributed by atoms with Gasteiger partial charge in [0.2, 0.25) is 10.0 Å². The average Bonchev–Trinajstić information content (AvgIpc) is 3.14. The number of sulfonamides is 1. The minimum Gasteiger partial charge on any atom is -0.383 e. The van der Waals surface area contributed by atoms with Crippen LogP contribution < -0.4 is 4.80 Å². The monoisotopic (exact) mass is 501 g/mol. The van der Waals surface area contributed by atoms with Crippen molar-refractivity contribution < 1.29 is 17.9 Å². The molecule has 1 saturated heterocycles. The van der Waals surface area contributed by atoms with Gasteiger partial charge in [0.1, 0.15) is 0 Å². The van der Waals surface area contributed by atoms with Gasteiger partial charge in [0.05, 0.1) is 21.7 Å². The van der Waals surface area contributed by atoms with E-state index in [9.17, 15) is 13.2 Å². The van der Waals surface area contributed by atoms with Gasteiger partial charge in [-0.2, -0.15) is 9.30 Å². The normalized spacial score (nSPS) is 18.0. The first-order chi connectivity index (χ1) is 16.2. The second-order valence-electron chi connectivity index (χ2n) is 9.01. The first kappa shape index (κ1) is 24.8. The van der Waals surface area contributed by atoms with Crippen LogP contribution in [0.15, 0.2) is 46.3 Å². The van der Waals surface area contributed by atoms with Crippen LogP contribution in [0, 0.1) is 19.8 Å². The summed E-state index contributed by atoms with van der Waals surface area (Å²) in [5, 5.41) is 0. The number of amides is 1. The van der Waals surface area contributed by atoms with E-state index in [0.717, 1.165) is 34.2 Å². The maximum Gasteiger partial charge on any atom is 0.279 e. The van der Waals surface area contributed by atoms with E-state index >= 15 is 0 Å². The van der Waals surface area contributed by atoms with Gasteiger partial charge in [-0.05, 0) is 74.1 Å². The number of aryl methyl sites for hydroxylation is 2. The number of piperidine rings is 1. The summed E-state index contributed by atoms with van der Waals surface area (Å²) in [5.41, 5.74) is 3.67. The summed E-state index contributed by atoms with van der Waals surface area (Å²) >= 11 is 1.48. The fourth-order valence-corrected chi connectivity index (χ4v) is 7.13. The maximum absolute atomic E-state index is 13.0. The van der Waals surface area contributed by atoms with Crippen LogP contribution in [-0.2, 0) is 21.3 Å². The van der Waals surface area contributed by atoms with E-state index in [4.69, 9.17) is 4.74 Å². The van der Waals surface area contributed by atoms with E-state index in [2.05, 4.69) is 31.0 Å². The van der Waals surface area contributed by atoms with Crippen molar-refractivity contribution in [2.75, 3.05) is 26.8 Å². The lowest BCUT2D eigenvalue weighted by Gasteiger charge is -2.30. The number of benzene rings is 2. The summed E-state index contributed by atoms with van der Waals surface area (Å²) in [5.74, 6) is -0.0515. The Bertz CT molecular complexity index is 1370. The molecule has 1 unspecified atom stereocenters. The number of rotatable bonds is 6. The van der Waals surface area contributed by atoms with Crippen LogP contribution in [-0.4, -0.2) is 50.0 Å². The molecular formula is C25H31N3O4S2. The van der Waals surface area contributed by atoms with E-state index in [1.54, 1.807) is 23.5 Å². The van der Waals surface area contributed by atoms with Gasteiger partial charge in [-0.25, -0.2) is 8.42 Å². The molecule has 7 nitrogen and oxygen atoms in total. The summed E-state index contributed by atoms with van der Waals surface area (Å²) in [4.78, 5) is 18.2. The number of ether oxygens (including phenoxy) is 1. The quantitative estimate of drug-likeness (QED) is 0.509. The third kappa shape index (κ3) is 5.02. The molecule has 1 fully saturated rings. The van der Waals surface area contributed by atoms with Crippen molar-refractivity contribution in [2.45, 2.75) is 45.1 Å². The lowest BCUT2D eigenvalue weighted by atomic mass is 10.0. The molecule has 1 amide bonds. The molecule has 3 aromatic rings. The van der Waals surface area contributed by atoms with Crippen molar-refractivity contribution in [1.29, 1.82) is 0 Å². The fourth-order valence-electron chi connectivity index (χ4n) is 4.43. The second kappa shape index (κ2) is 10.1. The molecule has 0 bridgehead atoms. The SMILES string of the molecule is COCCn1c(=NC(=O)c2ccc(S(=O)(=O)N3CCCC(C)C3)cc2)sc2c(C)cc(C)cc21. The van der Waals surface area contributed by atoms with E-state index in [-0.39, 0.29) is 4.90 Å². The molecule has 1 atom stereocenters. The fraction of sp³-hybridized carbons (Fsp3) is 0.440. The zero-order valence-electron chi connectivity index (χ0n) is 20.1. The molecule has 1 aliphatic heterocycles. The molecule has 9 heteroatoms. The number of fused-ring (bicyclic) bond motifs is 1. The van der Waals surface area contributed by atoms with Crippen LogP contribution in [0.2, 0.25) is 0 Å². The first-order valence-electron chi connectivity index (χ1n) is 11.5. The van der Waals surface area contributed by atoms with E-state index < -0.39 is 15.9 Å². The van der Waals surface area contributed by atoms with Gasteiger partial charge in [0, 0.05) is 32.3 Å². The summed E-state index contributed by atoms with van der Waals surface area (Å²) < 4.78 is 35.9. The molecule has 0 aliphatic carbocycles. The Hall–Kier alpha value is -2.33. The van der Waals surface area contributed by atoms with Crippen LogP contribution in [0.3, 0.4) is 0 Å². The number of hydrogen-bond donors (Lipinski definition) is 0. The summed E-state index contributed by atoms with van der Waals surface area (Å²) in [6.45, 7) is 8.33. The van der Waals surface area contributed by atoms with Crippen LogP contribution >= 0.6 is 11.3 Å². The molecule has 4 rings (SSSR count). The lowest BCUT2D eigenvalue weighted by Crippen LogP contribution is -2.39. The largest absolute Gasteiger partial charge is 0.383 e. The van der Waals surface area contributed by atoms with Gasteiger partial charge in [-0.15, -0.1) is 0 Å². The predicted molar refractivity (Wildman–Crippen MR) is 135 cm³/mol. The standard InChI is InChI=1S/C25H31N3O4S2/c1-17-6-5-11-27(16-17)34(30,31)21-9-7-20(8-10-21)24(29)26-25-28(12-13-32-4)22-15-18(2)14-19(3)23(22)33-25/h7-10,14-15,17H,5-6,11-13,16H2,1-4H3. The summed E-state index contributed by atoms with van der Waals surface area (Å²) in [6.07, 6.45) is 1.91. The Morgan fingerprint density at radius 3 is 2.62 bits per heavy atom. The van der Waals surface area contributed by atoms with Crippen molar-refractivity contribution in [3.8, 4) is 0 Å². The predicted octanol–water partition coefficient (Wildman–Crippen LogP) is 4.13. The molecule has 2 aromatic carbocycles. The first-order valence-corrected chi connectivity index (χ1v) is 13.7. The van der Waals surface area contributed by atoms with Gasteiger partial charge < -0.3 is 9.30 Å². The van der Waals surface area contributed by atoms with Crippen molar-refractivity contribution in [2.24, 2.45) is 10.9 Å². The molecule has 2 heterocycles. The smallest absolute Gasteiger partial charge is 0.279 e. The topological polar surface area (TPSA) is 81.0 Å². The zero-order valence-corrected chi connectivity index (χ0v) is 21.7. The van der Waals surface area contributed by atoms with Crippen molar-refractivity contribution >= 4 is 37.5 Å². The Labute approximate surface area is 204 Å². The van der Waals surface area contributed by atoms with Crippen LogP contribution in [0.25, 0.3) is 10.2 Å². The zero-order chi connectivity index (χ0) is 24.5. The molecule has 182 valence electrons. The maximum atomic E-state index is 13.0. The summed E-state index contributed by atoms with van der Waals surface area (Å²) in [6, 6.07) is 10.3. The molecule has 34 heavy (non-hydrogen) atoms. The van der Waals surface area contributed by atoms with Gasteiger partial charge in [0.15, 0.2) is 4.80 Å². The molecule has 0 radical (unpaired) electrons. The third-order valence-corrected chi connectivity index (χ3v) is 9.30. The summed E-state index contributed by atoms with van der Waals surface area (Å²) in [7, 11) is -1.92. The highest BCUT2D eigenvalue weighted by atomic mass is 32.2. The minimum atomic E-state index is -3.56. The van der Waals surface area contributed by atoms with Gasteiger partial charge in [-0.3, -0.25) is 4.79 Å². The number of carbonyl (C=O) groups excluding carboxylic acids is 1. The van der Waals surface area contributed by atoms with Crippen molar-refractivity contribution in [1.82, 2.24) is 8.87 Å². The highest BCUT2D eigenvalue weighted by molar-refractivity contribution is 7.89. The molecular weight excluding hydrogens is 470 g/mol. The van der Waals surface area contributed by atoms with E-state index in [0.29, 0.717) is 42.5 Å². The van der Waals surface area contributed by atoms with E-state index in [1.165, 1.54) is 23.5 Å². The Morgan fingerprint density at radius 2 is 1.94 bits per heavy atom. The highest BCUT2D eigenvalue weighted by Gasteiger charge is 2.28. The van der Waals surface area contributed by atoms with Crippen LogP contribution in [0.1, 0.15) is 41.3 Å². The molecule has 0 N–H and O–H groups in total. The Kier molecular flexibility index (Phi) is 7.37. The number of hydrogen-bond acceptors (Lipinski definition) is 5. The van der Waals surface area contributed by atoms with Crippen LogP contribution in [0.5, 0.6) is 0 Å². The highest BCUT2D eigenvalue weighted by Crippen LogP contribution is 2.25. The number of methoxy groups -OCH3 is 1. The van der Waals surface area contributed by atoms with Gasteiger partial charge in [0.25, 0.3) is 5.91 Å². The Morgan fingerprint density at radius 1 is 1.21 bits per heavy atom. The Balaban J connectivity index is 1.66.